The van der Waals surface area contributed by atoms with Gasteiger partial charge < -0.3 is 10.2 Å². The Bertz CT molecular complexity index is 1660. The number of nitrogens with zero attached hydrogens (tertiary/aromatic N) is 2. The van der Waals surface area contributed by atoms with Crippen LogP contribution in [-0.2, 0) is 32.6 Å². The van der Waals surface area contributed by atoms with E-state index in [2.05, 4.69) is 21.2 Å². The molecule has 0 aliphatic rings. The number of nitrogens with one attached hydrogen (secondary N) is 1. The van der Waals surface area contributed by atoms with Gasteiger partial charge in [-0.25, -0.2) is 8.42 Å². The Hall–Kier alpha value is -3.37. The van der Waals surface area contributed by atoms with Crippen molar-refractivity contribution in [2.45, 2.75) is 30.8 Å². The summed E-state index contributed by atoms with van der Waals surface area (Å²) in [5.74, 6) is -0.944. The largest absolute Gasteiger partial charge is 0.355 e. The van der Waals surface area contributed by atoms with Gasteiger partial charge in [-0.1, -0.05) is 99.8 Å². The molecule has 0 spiro atoms. The lowest BCUT2D eigenvalue weighted by molar-refractivity contribution is -0.140. The van der Waals surface area contributed by atoms with Crippen molar-refractivity contribution < 1.29 is 18.0 Å². The van der Waals surface area contributed by atoms with Gasteiger partial charge in [-0.3, -0.25) is 13.9 Å². The lowest BCUT2D eigenvalue weighted by atomic mass is 10.0. The molecule has 4 aromatic carbocycles. The molecule has 7 nitrogen and oxygen atoms in total. The fourth-order valence-electron chi connectivity index (χ4n) is 4.54. The van der Waals surface area contributed by atoms with Gasteiger partial charge in [0, 0.05) is 29.0 Å². The topological polar surface area (TPSA) is 86.8 Å². The summed E-state index contributed by atoms with van der Waals surface area (Å²) in [5, 5.41) is 3.19. The minimum Gasteiger partial charge on any atom is -0.355 e. The second-order valence-corrected chi connectivity index (χ2v) is 13.3. The van der Waals surface area contributed by atoms with Crippen molar-refractivity contribution in [1.29, 1.82) is 0 Å². The Morgan fingerprint density at radius 1 is 0.860 bits per heavy atom. The number of halogens is 3. The summed E-state index contributed by atoms with van der Waals surface area (Å²) in [6, 6.07) is 28.0. The predicted molar refractivity (Wildman–Crippen MR) is 175 cm³/mol. The average Bonchev–Trinajstić information content (AvgIpc) is 3.01. The van der Waals surface area contributed by atoms with Crippen LogP contribution in [0.5, 0.6) is 0 Å². The van der Waals surface area contributed by atoms with Gasteiger partial charge in [-0.05, 0) is 60.5 Å². The van der Waals surface area contributed by atoms with Crippen molar-refractivity contribution >= 4 is 66.7 Å². The summed E-state index contributed by atoms with van der Waals surface area (Å²) in [6.07, 6.45) is 0.221. The minimum absolute atomic E-state index is 0.0251. The lowest BCUT2D eigenvalue weighted by Crippen LogP contribution is -2.53. The highest BCUT2D eigenvalue weighted by molar-refractivity contribution is 9.10. The molecule has 11 heteroatoms. The van der Waals surface area contributed by atoms with E-state index in [0.29, 0.717) is 6.54 Å². The molecule has 2 amide bonds. The Morgan fingerprint density at radius 3 is 2.12 bits per heavy atom. The third kappa shape index (κ3) is 8.38. The van der Waals surface area contributed by atoms with Crippen LogP contribution in [-0.4, -0.2) is 44.3 Å². The first kappa shape index (κ1) is 32.5. The van der Waals surface area contributed by atoms with E-state index in [0.717, 1.165) is 19.9 Å². The van der Waals surface area contributed by atoms with Crippen molar-refractivity contribution in [3.63, 3.8) is 0 Å². The molecule has 0 aliphatic heterocycles. The molecule has 0 radical (unpaired) electrons. The Balaban J connectivity index is 1.81. The van der Waals surface area contributed by atoms with E-state index < -0.39 is 28.5 Å². The first-order valence-corrected chi connectivity index (χ1v) is 16.5. The number of hydrogen-bond donors (Lipinski definition) is 1. The van der Waals surface area contributed by atoms with Gasteiger partial charge in [-0.15, -0.1) is 0 Å². The molecule has 1 unspecified atom stereocenters. The number of hydrogen-bond acceptors (Lipinski definition) is 4. The smallest absolute Gasteiger partial charge is 0.264 e. The second-order valence-electron chi connectivity index (χ2n) is 9.67. The predicted octanol–water partition coefficient (Wildman–Crippen LogP) is 6.73. The van der Waals surface area contributed by atoms with Gasteiger partial charge in [-0.2, -0.15) is 0 Å². The molecular formula is C32H30BrCl2N3O4S. The molecule has 0 fully saturated rings. The molecule has 0 aromatic heterocycles. The van der Waals surface area contributed by atoms with Gasteiger partial charge in [0.2, 0.25) is 11.8 Å². The normalized spacial score (nSPS) is 11.9. The van der Waals surface area contributed by atoms with Crippen LogP contribution < -0.4 is 9.62 Å². The van der Waals surface area contributed by atoms with Crippen molar-refractivity contribution in [1.82, 2.24) is 10.2 Å². The van der Waals surface area contributed by atoms with Crippen LogP contribution in [0.1, 0.15) is 18.1 Å². The molecule has 224 valence electrons. The zero-order chi connectivity index (χ0) is 31.0. The van der Waals surface area contributed by atoms with Crippen molar-refractivity contribution in [2.24, 2.45) is 0 Å². The second kappa shape index (κ2) is 14.9. The van der Waals surface area contributed by atoms with Gasteiger partial charge in [0.05, 0.1) is 15.6 Å². The van der Waals surface area contributed by atoms with E-state index in [1.807, 2.05) is 54.6 Å². The van der Waals surface area contributed by atoms with Crippen LogP contribution >= 0.6 is 39.1 Å². The quantitative estimate of drug-likeness (QED) is 0.178. The molecule has 1 N–H and O–H groups in total. The number of sulfonamides is 1. The Morgan fingerprint density at radius 2 is 1.49 bits per heavy atom. The van der Waals surface area contributed by atoms with Crippen molar-refractivity contribution in [3.05, 3.63) is 129 Å². The lowest BCUT2D eigenvalue weighted by Gasteiger charge is -2.34. The summed E-state index contributed by atoms with van der Waals surface area (Å²) < 4.78 is 29.8. The summed E-state index contributed by atoms with van der Waals surface area (Å²) >= 11 is 16.2. The number of anilines is 1. The number of carbonyl (C=O) groups is 2. The number of likely N-dealkylation sites (N-methyl/N-ethyl adjacent to an activating group) is 1. The van der Waals surface area contributed by atoms with Gasteiger partial charge in [0.1, 0.15) is 12.6 Å². The SMILES string of the molecule is CCNC(=O)C(Cc1ccccc1)N(Cc1ccc(Br)cc1)C(=O)CN(c1cc(Cl)ccc1Cl)S(=O)(=O)c1ccccc1. The maximum atomic E-state index is 14.4. The minimum atomic E-state index is -4.28. The van der Waals surface area contributed by atoms with E-state index >= 15 is 0 Å². The molecule has 43 heavy (non-hydrogen) atoms. The van der Waals surface area contributed by atoms with Crippen LogP contribution in [0.3, 0.4) is 0 Å². The van der Waals surface area contributed by atoms with Gasteiger partial charge >= 0.3 is 0 Å². The van der Waals surface area contributed by atoms with Gasteiger partial charge in [0.15, 0.2) is 0 Å². The fraction of sp³-hybridized carbons (Fsp3) is 0.188. The maximum Gasteiger partial charge on any atom is 0.264 e. The number of rotatable bonds is 12. The summed E-state index contributed by atoms with van der Waals surface area (Å²) in [4.78, 5) is 29.3. The van der Waals surface area contributed by atoms with E-state index in [4.69, 9.17) is 23.2 Å². The summed E-state index contributed by atoms with van der Waals surface area (Å²) in [5.41, 5.74) is 1.66. The molecule has 0 aliphatic carbocycles. The number of benzene rings is 4. The highest BCUT2D eigenvalue weighted by Crippen LogP contribution is 2.33. The first-order valence-electron chi connectivity index (χ1n) is 13.5. The van der Waals surface area contributed by atoms with E-state index in [-0.39, 0.29) is 39.5 Å². The van der Waals surface area contributed by atoms with E-state index in [9.17, 15) is 18.0 Å². The molecule has 0 bridgehead atoms. The zero-order valence-electron chi connectivity index (χ0n) is 23.3. The Kier molecular flexibility index (Phi) is 11.3. The van der Waals surface area contributed by atoms with Crippen LogP contribution in [0.2, 0.25) is 10.0 Å². The van der Waals surface area contributed by atoms with E-state index in [1.165, 1.54) is 35.2 Å². The number of amides is 2. The molecule has 1 atom stereocenters. The van der Waals surface area contributed by atoms with Crippen LogP contribution in [0.4, 0.5) is 5.69 Å². The monoisotopic (exact) mass is 701 g/mol. The molecule has 0 heterocycles. The zero-order valence-corrected chi connectivity index (χ0v) is 27.2. The third-order valence-corrected chi connectivity index (χ3v) is 9.53. The van der Waals surface area contributed by atoms with Crippen LogP contribution in [0.25, 0.3) is 0 Å². The maximum absolute atomic E-state index is 14.4. The van der Waals surface area contributed by atoms with Crippen molar-refractivity contribution in [3.8, 4) is 0 Å². The van der Waals surface area contributed by atoms with Crippen LogP contribution in [0, 0.1) is 0 Å². The molecule has 4 aromatic rings. The molecular weight excluding hydrogens is 673 g/mol. The summed E-state index contributed by atoms with van der Waals surface area (Å²) in [6.45, 7) is 1.59. The molecule has 4 rings (SSSR count). The molecule has 0 saturated heterocycles. The summed E-state index contributed by atoms with van der Waals surface area (Å²) in [7, 11) is -4.28. The van der Waals surface area contributed by atoms with Gasteiger partial charge in [0.25, 0.3) is 10.0 Å². The van der Waals surface area contributed by atoms with E-state index in [1.54, 1.807) is 25.1 Å². The highest BCUT2D eigenvalue weighted by atomic mass is 79.9. The van der Waals surface area contributed by atoms with Crippen molar-refractivity contribution in [2.75, 3.05) is 17.4 Å². The molecule has 0 saturated carbocycles. The fourth-order valence-corrected chi connectivity index (χ4v) is 6.69. The number of carbonyl (C=O) groups excluding carboxylic acids is 2. The third-order valence-electron chi connectivity index (χ3n) is 6.68. The standard InChI is InChI=1S/C32H30BrCl2N3O4S/c1-2-36-32(40)30(19-23-9-5-3-6-10-23)37(21-24-13-15-25(33)16-14-24)31(39)22-38(29-20-26(34)17-18-28(29)35)43(41,42)27-11-7-4-8-12-27/h3-18,20,30H,2,19,21-22H2,1H3,(H,36,40). The van der Waals surface area contributed by atoms with Crippen LogP contribution in [0.15, 0.2) is 112 Å². The average molecular weight is 703 g/mol. The highest BCUT2D eigenvalue weighted by Gasteiger charge is 2.35. The Labute approximate surface area is 270 Å². The first-order chi connectivity index (χ1) is 20.6.